The van der Waals surface area contributed by atoms with Gasteiger partial charge < -0.3 is 14.6 Å². The summed E-state index contributed by atoms with van der Waals surface area (Å²) < 4.78 is 13.2. The first-order chi connectivity index (χ1) is 13.4. The van der Waals surface area contributed by atoms with Crippen LogP contribution in [0.4, 0.5) is 0 Å². The van der Waals surface area contributed by atoms with Gasteiger partial charge >= 0.3 is 0 Å². The van der Waals surface area contributed by atoms with E-state index in [0.717, 1.165) is 29.1 Å². The molecule has 7 heteroatoms. The van der Waals surface area contributed by atoms with Crippen molar-refractivity contribution in [2.45, 2.75) is 52.3 Å². The molecule has 1 atom stereocenters. The number of aromatic nitrogens is 3. The Labute approximate surface area is 163 Å². The maximum atomic E-state index is 12.8. The van der Waals surface area contributed by atoms with Crippen molar-refractivity contribution in [1.29, 1.82) is 0 Å². The lowest BCUT2D eigenvalue weighted by atomic mass is 9.89. The van der Waals surface area contributed by atoms with E-state index in [9.17, 15) is 4.79 Å². The minimum Gasteiger partial charge on any atom is -0.487 e. The van der Waals surface area contributed by atoms with E-state index in [-0.39, 0.29) is 23.3 Å². The topological polar surface area (TPSA) is 82.2 Å². The summed E-state index contributed by atoms with van der Waals surface area (Å²) in [6, 6.07) is 9.28. The molecule has 1 aliphatic heterocycles. The molecule has 4 rings (SSSR count). The molecule has 3 aromatic rings. The van der Waals surface area contributed by atoms with E-state index in [0.29, 0.717) is 12.1 Å². The van der Waals surface area contributed by atoms with Gasteiger partial charge in [-0.3, -0.25) is 9.48 Å². The van der Waals surface area contributed by atoms with Crippen LogP contribution in [0.3, 0.4) is 0 Å². The second-order valence-corrected chi connectivity index (χ2v) is 7.67. The summed E-state index contributed by atoms with van der Waals surface area (Å²) in [4.78, 5) is 12.8. The van der Waals surface area contributed by atoms with E-state index < -0.39 is 0 Å². The van der Waals surface area contributed by atoms with Gasteiger partial charge in [-0.05, 0) is 33.8 Å². The summed E-state index contributed by atoms with van der Waals surface area (Å²) >= 11 is 0. The lowest BCUT2D eigenvalue weighted by Crippen LogP contribution is -2.41. The Morgan fingerprint density at radius 3 is 2.89 bits per heavy atom. The van der Waals surface area contributed by atoms with Crippen LogP contribution in [-0.4, -0.2) is 26.4 Å². The van der Waals surface area contributed by atoms with E-state index >= 15 is 0 Å². The minimum atomic E-state index is -0.370. The summed E-state index contributed by atoms with van der Waals surface area (Å²) in [5, 5.41) is 11.5. The Hall–Kier alpha value is -3.09. The molecule has 7 nitrogen and oxygen atoms in total. The summed E-state index contributed by atoms with van der Waals surface area (Å²) in [5.41, 5.74) is 3.06. The predicted molar refractivity (Wildman–Crippen MR) is 104 cm³/mol. The number of hydrogen-bond acceptors (Lipinski definition) is 5. The third-order valence-corrected chi connectivity index (χ3v) is 5.09. The van der Waals surface area contributed by atoms with Crippen LogP contribution >= 0.6 is 0 Å². The molecule has 0 spiro atoms. The van der Waals surface area contributed by atoms with Gasteiger partial charge in [0.1, 0.15) is 17.0 Å². The van der Waals surface area contributed by atoms with E-state index in [1.165, 1.54) is 0 Å². The molecule has 3 heterocycles. The fourth-order valence-corrected chi connectivity index (χ4v) is 3.69. The average Bonchev–Trinajstić information content (AvgIpc) is 3.27. The zero-order chi connectivity index (χ0) is 19.9. The molecule has 0 bridgehead atoms. The smallest absolute Gasteiger partial charge is 0.290 e. The first-order valence-corrected chi connectivity index (χ1v) is 9.46. The standard InChI is InChI=1S/C21H24N4O3/c1-5-25-13(2)15(12-22-25)16-10-19(28-24-16)20(26)23-17-11-21(3,4)27-18-9-7-6-8-14(17)18/h6-10,12,17H,5,11H2,1-4H3,(H,23,26)/t17-/m1/s1. The molecular weight excluding hydrogens is 356 g/mol. The molecule has 1 N–H and O–H groups in total. The normalized spacial score (nSPS) is 17.6. The summed E-state index contributed by atoms with van der Waals surface area (Å²) in [7, 11) is 0. The van der Waals surface area contributed by atoms with Crippen molar-refractivity contribution >= 4 is 5.91 Å². The summed E-state index contributed by atoms with van der Waals surface area (Å²) in [6.07, 6.45) is 2.41. The zero-order valence-corrected chi connectivity index (χ0v) is 16.5. The number of nitrogens with zero attached hydrogens (tertiary/aromatic N) is 3. The maximum absolute atomic E-state index is 12.8. The Kier molecular flexibility index (Phi) is 4.45. The molecule has 28 heavy (non-hydrogen) atoms. The lowest BCUT2D eigenvalue weighted by molar-refractivity contribution is 0.0609. The van der Waals surface area contributed by atoms with Crippen LogP contribution in [0.15, 0.2) is 41.1 Å². The van der Waals surface area contributed by atoms with Gasteiger partial charge in [0.2, 0.25) is 5.76 Å². The number of hydrogen-bond donors (Lipinski definition) is 1. The molecule has 0 aliphatic carbocycles. The number of rotatable bonds is 4. The highest BCUT2D eigenvalue weighted by molar-refractivity contribution is 5.92. The van der Waals surface area contributed by atoms with Gasteiger partial charge in [0, 0.05) is 35.9 Å². The van der Waals surface area contributed by atoms with Crippen molar-refractivity contribution in [2.24, 2.45) is 0 Å². The van der Waals surface area contributed by atoms with Crippen molar-refractivity contribution in [3.63, 3.8) is 0 Å². The van der Waals surface area contributed by atoms with E-state index in [4.69, 9.17) is 9.26 Å². The highest BCUT2D eigenvalue weighted by Crippen LogP contribution is 2.39. The SMILES string of the molecule is CCn1ncc(-c2cc(C(=O)N[C@@H]3CC(C)(C)Oc4ccccc43)on2)c1C. The van der Waals surface area contributed by atoms with Crippen molar-refractivity contribution in [3.05, 3.63) is 53.5 Å². The Bertz CT molecular complexity index is 1020. The maximum Gasteiger partial charge on any atom is 0.290 e. The number of fused-ring (bicyclic) bond motifs is 1. The van der Waals surface area contributed by atoms with Gasteiger partial charge in [-0.25, -0.2) is 0 Å². The van der Waals surface area contributed by atoms with Gasteiger partial charge in [0.05, 0.1) is 12.2 Å². The Morgan fingerprint density at radius 1 is 1.36 bits per heavy atom. The molecule has 0 saturated heterocycles. The molecule has 1 aliphatic rings. The molecule has 146 valence electrons. The summed E-state index contributed by atoms with van der Waals surface area (Å²) in [5.74, 6) is 0.683. The number of amides is 1. The highest BCUT2D eigenvalue weighted by Gasteiger charge is 2.35. The number of aryl methyl sites for hydroxylation is 1. The minimum absolute atomic E-state index is 0.162. The quantitative estimate of drug-likeness (QED) is 0.742. The van der Waals surface area contributed by atoms with Crippen LogP contribution in [-0.2, 0) is 6.54 Å². The number of ether oxygens (including phenoxy) is 1. The first kappa shape index (κ1) is 18.3. The molecule has 1 amide bonds. The number of carbonyl (C=O) groups excluding carboxylic acids is 1. The van der Waals surface area contributed by atoms with E-state index in [1.54, 1.807) is 12.3 Å². The highest BCUT2D eigenvalue weighted by atomic mass is 16.5. The van der Waals surface area contributed by atoms with Crippen molar-refractivity contribution in [1.82, 2.24) is 20.3 Å². The van der Waals surface area contributed by atoms with Crippen LogP contribution in [0.1, 0.15) is 55.0 Å². The van der Waals surface area contributed by atoms with Crippen LogP contribution in [0, 0.1) is 6.92 Å². The van der Waals surface area contributed by atoms with Gasteiger partial charge in [-0.1, -0.05) is 23.4 Å². The monoisotopic (exact) mass is 380 g/mol. The largest absolute Gasteiger partial charge is 0.487 e. The average molecular weight is 380 g/mol. The van der Waals surface area contributed by atoms with E-state index in [1.807, 2.05) is 56.6 Å². The third-order valence-electron chi connectivity index (χ3n) is 5.09. The molecule has 0 radical (unpaired) electrons. The lowest BCUT2D eigenvalue weighted by Gasteiger charge is -2.37. The van der Waals surface area contributed by atoms with Crippen molar-refractivity contribution < 1.29 is 14.1 Å². The van der Waals surface area contributed by atoms with Gasteiger partial charge in [0.15, 0.2) is 0 Å². The zero-order valence-electron chi connectivity index (χ0n) is 16.5. The van der Waals surface area contributed by atoms with Crippen LogP contribution < -0.4 is 10.1 Å². The molecule has 1 aromatic carbocycles. The molecule has 2 aromatic heterocycles. The molecular formula is C21H24N4O3. The Morgan fingerprint density at radius 2 is 2.14 bits per heavy atom. The van der Waals surface area contributed by atoms with Gasteiger partial charge in [0.25, 0.3) is 5.91 Å². The number of nitrogens with one attached hydrogen (secondary N) is 1. The molecule has 0 fully saturated rings. The third kappa shape index (κ3) is 3.28. The predicted octanol–water partition coefficient (Wildman–Crippen LogP) is 3.90. The Balaban J connectivity index is 1.56. The van der Waals surface area contributed by atoms with Crippen molar-refractivity contribution in [2.75, 3.05) is 0 Å². The molecule has 0 saturated carbocycles. The van der Waals surface area contributed by atoms with Gasteiger partial charge in [-0.2, -0.15) is 5.10 Å². The first-order valence-electron chi connectivity index (χ1n) is 9.46. The van der Waals surface area contributed by atoms with Gasteiger partial charge in [-0.15, -0.1) is 0 Å². The fraction of sp³-hybridized carbons (Fsp3) is 0.381. The number of para-hydroxylation sites is 1. The fourth-order valence-electron chi connectivity index (χ4n) is 3.69. The second-order valence-electron chi connectivity index (χ2n) is 7.67. The van der Waals surface area contributed by atoms with E-state index in [2.05, 4.69) is 15.6 Å². The number of carbonyl (C=O) groups is 1. The number of benzene rings is 1. The van der Waals surface area contributed by atoms with Crippen molar-refractivity contribution in [3.8, 4) is 17.0 Å². The molecule has 0 unspecified atom stereocenters. The van der Waals surface area contributed by atoms with Crippen LogP contribution in [0.5, 0.6) is 5.75 Å². The van der Waals surface area contributed by atoms with Crippen LogP contribution in [0.25, 0.3) is 11.3 Å². The second kappa shape index (κ2) is 6.82. The summed E-state index contributed by atoms with van der Waals surface area (Å²) in [6.45, 7) is 8.81. The van der Waals surface area contributed by atoms with Crippen LogP contribution in [0.2, 0.25) is 0 Å².